The van der Waals surface area contributed by atoms with Crippen LogP contribution in [-0.4, -0.2) is 24.9 Å². The van der Waals surface area contributed by atoms with Crippen LogP contribution in [0.15, 0.2) is 24.3 Å². The third-order valence-corrected chi connectivity index (χ3v) is 3.37. The molecule has 1 aromatic rings. The molecule has 0 aromatic heterocycles. The highest BCUT2D eigenvalue weighted by Gasteiger charge is 2.15. The first-order valence-corrected chi connectivity index (χ1v) is 7.49. The molecule has 0 aliphatic carbocycles. The lowest BCUT2D eigenvalue weighted by Crippen LogP contribution is -2.26. The van der Waals surface area contributed by atoms with E-state index in [1.165, 1.54) is 0 Å². The maximum absolute atomic E-state index is 12.1. The molecule has 5 nitrogen and oxygen atoms in total. The van der Waals surface area contributed by atoms with Crippen LogP contribution in [0.5, 0.6) is 0 Å². The van der Waals surface area contributed by atoms with Crippen molar-refractivity contribution in [2.24, 2.45) is 11.7 Å². The molecule has 2 amide bonds. The molecule has 0 heterocycles. The maximum atomic E-state index is 12.1. The molecule has 0 saturated carbocycles. The van der Waals surface area contributed by atoms with Gasteiger partial charge in [-0.05, 0) is 31.0 Å². The van der Waals surface area contributed by atoms with E-state index in [1.54, 1.807) is 24.3 Å². The summed E-state index contributed by atoms with van der Waals surface area (Å²) in [5.74, 6) is -0.104. The van der Waals surface area contributed by atoms with Crippen molar-refractivity contribution in [1.29, 1.82) is 0 Å². The van der Waals surface area contributed by atoms with Crippen LogP contribution in [0.2, 0.25) is 0 Å². The summed E-state index contributed by atoms with van der Waals surface area (Å²) in [5.41, 5.74) is 6.64. The Morgan fingerprint density at radius 3 is 2.57 bits per heavy atom. The number of benzene rings is 1. The largest absolute Gasteiger partial charge is 0.352 e. The molecule has 1 unspecified atom stereocenters. The summed E-state index contributed by atoms with van der Waals surface area (Å²) in [6.45, 7) is 5.11. The van der Waals surface area contributed by atoms with Gasteiger partial charge in [0.2, 0.25) is 5.91 Å². The minimum atomic E-state index is -0.168. The summed E-state index contributed by atoms with van der Waals surface area (Å²) >= 11 is 0. The average Bonchev–Trinajstić information content (AvgIpc) is 2.50. The van der Waals surface area contributed by atoms with Gasteiger partial charge in [0, 0.05) is 13.0 Å². The van der Waals surface area contributed by atoms with Gasteiger partial charge in [-0.3, -0.25) is 9.59 Å². The van der Waals surface area contributed by atoms with Crippen LogP contribution in [0.25, 0.3) is 0 Å². The maximum Gasteiger partial charge on any atom is 0.253 e. The zero-order valence-corrected chi connectivity index (χ0v) is 12.8. The Bertz CT molecular complexity index is 470. The van der Waals surface area contributed by atoms with Gasteiger partial charge >= 0.3 is 0 Å². The fourth-order valence-corrected chi connectivity index (χ4v) is 1.98. The van der Waals surface area contributed by atoms with Gasteiger partial charge in [0.15, 0.2) is 0 Å². The molecule has 0 saturated heterocycles. The van der Waals surface area contributed by atoms with Crippen molar-refractivity contribution in [2.45, 2.75) is 33.1 Å². The molecule has 0 aliphatic heterocycles. The second kappa shape index (κ2) is 9.13. The van der Waals surface area contributed by atoms with E-state index < -0.39 is 0 Å². The molecule has 4 N–H and O–H groups in total. The van der Waals surface area contributed by atoms with Gasteiger partial charge in [-0.25, -0.2) is 0 Å². The molecule has 5 heteroatoms. The second-order valence-electron chi connectivity index (χ2n) is 5.06. The quantitative estimate of drug-likeness (QED) is 0.686. The van der Waals surface area contributed by atoms with Gasteiger partial charge in [0.25, 0.3) is 5.91 Å². The molecule has 0 spiro atoms. The standard InChI is InChI=1S/C16H25N3O2/c1-3-9-18-16(21)13-7-5-6-8-14(13)19-15(20)10-12(4-2)11-17/h5-8,12H,3-4,9-11,17H2,1-2H3,(H,18,21)(H,19,20). The lowest BCUT2D eigenvalue weighted by Gasteiger charge is -2.14. The number of para-hydroxylation sites is 1. The second-order valence-corrected chi connectivity index (χ2v) is 5.06. The number of carbonyl (C=O) groups excluding carboxylic acids is 2. The fraction of sp³-hybridized carbons (Fsp3) is 0.500. The van der Waals surface area contributed by atoms with Crippen molar-refractivity contribution >= 4 is 17.5 Å². The molecular weight excluding hydrogens is 266 g/mol. The normalized spacial score (nSPS) is 11.8. The molecule has 0 aliphatic rings. The van der Waals surface area contributed by atoms with Crippen molar-refractivity contribution < 1.29 is 9.59 Å². The Labute approximate surface area is 126 Å². The van der Waals surface area contributed by atoms with Crippen LogP contribution in [0.3, 0.4) is 0 Å². The van der Waals surface area contributed by atoms with Crippen LogP contribution < -0.4 is 16.4 Å². The van der Waals surface area contributed by atoms with Crippen molar-refractivity contribution in [3.63, 3.8) is 0 Å². The first kappa shape index (κ1) is 17.2. The lowest BCUT2D eigenvalue weighted by molar-refractivity contribution is -0.117. The zero-order valence-electron chi connectivity index (χ0n) is 12.8. The summed E-state index contributed by atoms with van der Waals surface area (Å²) in [6.07, 6.45) is 2.11. The number of rotatable bonds is 8. The Morgan fingerprint density at radius 1 is 1.24 bits per heavy atom. The molecule has 0 radical (unpaired) electrons. The number of anilines is 1. The van der Waals surface area contributed by atoms with E-state index in [0.717, 1.165) is 12.8 Å². The minimum absolute atomic E-state index is 0.108. The molecule has 116 valence electrons. The summed E-state index contributed by atoms with van der Waals surface area (Å²) in [6, 6.07) is 7.03. The van der Waals surface area contributed by atoms with Crippen molar-refractivity contribution in [3.8, 4) is 0 Å². The third kappa shape index (κ3) is 5.55. The number of carbonyl (C=O) groups is 2. The van der Waals surface area contributed by atoms with E-state index in [2.05, 4.69) is 10.6 Å². The summed E-state index contributed by atoms with van der Waals surface area (Å²) in [4.78, 5) is 24.1. The molecular formula is C16H25N3O2. The van der Waals surface area contributed by atoms with Crippen LogP contribution >= 0.6 is 0 Å². The summed E-state index contributed by atoms with van der Waals surface area (Å²) in [5, 5.41) is 5.63. The highest BCUT2D eigenvalue weighted by atomic mass is 16.2. The highest BCUT2D eigenvalue weighted by molar-refractivity contribution is 6.03. The van der Waals surface area contributed by atoms with Gasteiger partial charge in [0.05, 0.1) is 11.3 Å². The average molecular weight is 291 g/mol. The van der Waals surface area contributed by atoms with Crippen LogP contribution in [0, 0.1) is 5.92 Å². The van der Waals surface area contributed by atoms with Gasteiger partial charge in [0.1, 0.15) is 0 Å². The van der Waals surface area contributed by atoms with Gasteiger partial charge in [-0.1, -0.05) is 32.4 Å². The number of hydrogen-bond acceptors (Lipinski definition) is 3. The lowest BCUT2D eigenvalue weighted by atomic mass is 10.0. The molecule has 1 rings (SSSR count). The predicted octanol–water partition coefficient (Wildman–Crippen LogP) is 2.14. The van der Waals surface area contributed by atoms with Gasteiger partial charge < -0.3 is 16.4 Å². The van der Waals surface area contributed by atoms with E-state index in [4.69, 9.17) is 5.73 Å². The van der Waals surface area contributed by atoms with E-state index in [-0.39, 0.29) is 17.7 Å². The summed E-state index contributed by atoms with van der Waals surface area (Å²) in [7, 11) is 0. The third-order valence-electron chi connectivity index (χ3n) is 3.37. The Morgan fingerprint density at radius 2 is 1.95 bits per heavy atom. The molecule has 1 atom stereocenters. The van der Waals surface area contributed by atoms with Crippen LogP contribution in [-0.2, 0) is 4.79 Å². The number of nitrogens with two attached hydrogens (primary N) is 1. The Kier molecular flexibility index (Phi) is 7.46. The van der Waals surface area contributed by atoms with Crippen molar-refractivity contribution in [1.82, 2.24) is 5.32 Å². The van der Waals surface area contributed by atoms with Crippen LogP contribution in [0.4, 0.5) is 5.69 Å². The highest BCUT2D eigenvalue weighted by Crippen LogP contribution is 2.16. The SMILES string of the molecule is CCCNC(=O)c1ccccc1NC(=O)CC(CC)CN. The van der Waals surface area contributed by atoms with Crippen LogP contribution in [0.1, 0.15) is 43.5 Å². The first-order valence-electron chi connectivity index (χ1n) is 7.49. The van der Waals surface area contributed by atoms with Crippen molar-refractivity contribution in [3.05, 3.63) is 29.8 Å². The molecule has 0 bridgehead atoms. The number of nitrogens with one attached hydrogen (secondary N) is 2. The molecule has 21 heavy (non-hydrogen) atoms. The predicted molar refractivity (Wildman–Crippen MR) is 85.1 cm³/mol. The number of hydrogen-bond donors (Lipinski definition) is 3. The Balaban J connectivity index is 2.74. The van der Waals surface area contributed by atoms with Gasteiger partial charge in [-0.15, -0.1) is 0 Å². The smallest absolute Gasteiger partial charge is 0.253 e. The van der Waals surface area contributed by atoms with Gasteiger partial charge in [-0.2, -0.15) is 0 Å². The zero-order chi connectivity index (χ0) is 15.7. The Hall–Kier alpha value is -1.88. The monoisotopic (exact) mass is 291 g/mol. The fourth-order valence-electron chi connectivity index (χ4n) is 1.98. The summed E-state index contributed by atoms with van der Waals surface area (Å²) < 4.78 is 0. The van der Waals surface area contributed by atoms with E-state index >= 15 is 0 Å². The van der Waals surface area contributed by atoms with E-state index in [0.29, 0.717) is 30.8 Å². The molecule has 0 fully saturated rings. The van der Waals surface area contributed by atoms with Crippen molar-refractivity contribution in [2.75, 3.05) is 18.4 Å². The molecule has 1 aromatic carbocycles. The number of amides is 2. The minimum Gasteiger partial charge on any atom is -0.352 e. The van der Waals surface area contributed by atoms with E-state index in [9.17, 15) is 9.59 Å². The topological polar surface area (TPSA) is 84.2 Å². The first-order chi connectivity index (χ1) is 10.1. The van der Waals surface area contributed by atoms with E-state index in [1.807, 2.05) is 13.8 Å².